The van der Waals surface area contributed by atoms with E-state index in [1.54, 1.807) is 23.3 Å². The minimum Gasteiger partial charge on any atom is -0.380 e. The van der Waals surface area contributed by atoms with Gasteiger partial charge < -0.3 is 5.11 Å². The van der Waals surface area contributed by atoms with Crippen LogP contribution in [-0.4, -0.2) is 24.9 Å². The van der Waals surface area contributed by atoms with E-state index in [9.17, 15) is 5.11 Å². The van der Waals surface area contributed by atoms with Gasteiger partial charge >= 0.3 is 0 Å². The molecule has 2 heterocycles. The lowest BCUT2D eigenvalue weighted by Gasteiger charge is -2.12. The van der Waals surface area contributed by atoms with Gasteiger partial charge in [0.05, 0.1) is 11.9 Å². The second-order valence-corrected chi connectivity index (χ2v) is 4.08. The monoisotopic (exact) mass is 252 g/mol. The molecule has 0 aliphatic carbocycles. The van der Waals surface area contributed by atoms with Gasteiger partial charge in [0.1, 0.15) is 12.4 Å². The third kappa shape index (κ3) is 2.23. The van der Waals surface area contributed by atoms with E-state index in [-0.39, 0.29) is 0 Å². The van der Waals surface area contributed by atoms with Crippen LogP contribution in [0.2, 0.25) is 0 Å². The lowest BCUT2D eigenvalue weighted by molar-refractivity contribution is 0.207. The van der Waals surface area contributed by atoms with Crippen molar-refractivity contribution in [2.45, 2.75) is 6.10 Å². The zero-order chi connectivity index (χ0) is 13.1. The van der Waals surface area contributed by atoms with Crippen LogP contribution < -0.4 is 0 Å². The van der Waals surface area contributed by atoms with Crippen LogP contribution in [0.15, 0.2) is 61.2 Å². The Kier molecular flexibility index (Phi) is 3.04. The molecule has 0 unspecified atom stereocenters. The Morgan fingerprint density at radius 1 is 1.05 bits per heavy atom. The zero-order valence-corrected chi connectivity index (χ0v) is 10.1. The number of nitrogens with zero attached hydrogens (tertiary/aromatic N) is 4. The fraction of sp³-hybridized carbons (Fsp3) is 0.0714. The average Bonchev–Trinajstić information content (AvgIpc) is 2.98. The van der Waals surface area contributed by atoms with Gasteiger partial charge in [-0.1, -0.05) is 30.3 Å². The Morgan fingerprint density at radius 3 is 2.63 bits per heavy atom. The summed E-state index contributed by atoms with van der Waals surface area (Å²) < 4.78 is 1.73. The smallest absolute Gasteiger partial charge is 0.171 e. The minimum absolute atomic E-state index is 0.471. The van der Waals surface area contributed by atoms with Crippen molar-refractivity contribution in [1.29, 1.82) is 0 Å². The lowest BCUT2D eigenvalue weighted by atomic mass is 10.1. The minimum atomic E-state index is -0.816. The van der Waals surface area contributed by atoms with Gasteiger partial charge in [-0.2, -0.15) is 0 Å². The van der Waals surface area contributed by atoms with Gasteiger partial charge in [0.2, 0.25) is 0 Å². The molecular weight excluding hydrogens is 240 g/mol. The van der Waals surface area contributed by atoms with E-state index < -0.39 is 6.10 Å². The van der Waals surface area contributed by atoms with Crippen LogP contribution in [0.1, 0.15) is 17.5 Å². The summed E-state index contributed by atoms with van der Waals surface area (Å²) >= 11 is 0. The highest BCUT2D eigenvalue weighted by atomic mass is 16.3. The molecule has 2 aromatic heterocycles. The van der Waals surface area contributed by atoms with Crippen LogP contribution in [0.3, 0.4) is 0 Å². The third-order valence-electron chi connectivity index (χ3n) is 2.86. The van der Waals surface area contributed by atoms with E-state index in [0.717, 1.165) is 11.3 Å². The van der Waals surface area contributed by atoms with Crippen LogP contribution >= 0.6 is 0 Å². The van der Waals surface area contributed by atoms with Gasteiger partial charge in [-0.05, 0) is 17.7 Å². The van der Waals surface area contributed by atoms with E-state index in [1.807, 2.05) is 42.5 Å². The Bertz CT molecular complexity index is 651. The second kappa shape index (κ2) is 4.99. The molecule has 0 radical (unpaired) electrons. The predicted molar refractivity (Wildman–Crippen MR) is 69.7 cm³/mol. The largest absolute Gasteiger partial charge is 0.380 e. The fourth-order valence-corrected chi connectivity index (χ4v) is 1.91. The van der Waals surface area contributed by atoms with Crippen molar-refractivity contribution in [2.24, 2.45) is 0 Å². The summed E-state index contributed by atoms with van der Waals surface area (Å²) in [5.41, 5.74) is 1.60. The number of rotatable bonds is 3. The first-order valence-corrected chi connectivity index (χ1v) is 5.89. The number of hydrogen-bond acceptors (Lipinski definition) is 4. The third-order valence-corrected chi connectivity index (χ3v) is 2.86. The van der Waals surface area contributed by atoms with Crippen molar-refractivity contribution in [3.05, 3.63) is 72.6 Å². The molecule has 0 saturated heterocycles. The molecule has 1 atom stereocenters. The first kappa shape index (κ1) is 11.6. The van der Waals surface area contributed by atoms with Crippen LogP contribution in [-0.2, 0) is 0 Å². The summed E-state index contributed by atoms with van der Waals surface area (Å²) in [5.74, 6) is 0.471. The van der Waals surface area contributed by atoms with Gasteiger partial charge in [0.15, 0.2) is 5.82 Å². The summed E-state index contributed by atoms with van der Waals surface area (Å²) in [6.07, 6.45) is 4.15. The first-order valence-electron chi connectivity index (χ1n) is 5.89. The van der Waals surface area contributed by atoms with Crippen LogP contribution in [0.4, 0.5) is 0 Å². The van der Waals surface area contributed by atoms with Gasteiger partial charge in [0, 0.05) is 6.20 Å². The molecule has 0 aliphatic heterocycles. The molecule has 3 rings (SSSR count). The quantitative estimate of drug-likeness (QED) is 0.771. The summed E-state index contributed by atoms with van der Waals surface area (Å²) in [5, 5.41) is 18.3. The molecule has 0 bridgehead atoms. The molecule has 3 aromatic rings. The van der Waals surface area contributed by atoms with Crippen molar-refractivity contribution >= 4 is 0 Å². The summed E-state index contributed by atoms with van der Waals surface area (Å²) in [6.45, 7) is 0. The molecule has 19 heavy (non-hydrogen) atoms. The van der Waals surface area contributed by atoms with Crippen molar-refractivity contribution in [3.8, 4) is 5.69 Å². The number of aliphatic hydroxyl groups is 1. The molecule has 0 amide bonds. The van der Waals surface area contributed by atoms with Crippen molar-refractivity contribution in [1.82, 2.24) is 19.7 Å². The molecule has 5 nitrogen and oxygen atoms in total. The Labute approximate surface area is 110 Å². The summed E-state index contributed by atoms with van der Waals surface area (Å²) in [4.78, 5) is 4.06. The average molecular weight is 252 g/mol. The van der Waals surface area contributed by atoms with Crippen LogP contribution in [0, 0.1) is 0 Å². The van der Waals surface area contributed by atoms with Crippen LogP contribution in [0.5, 0.6) is 0 Å². The van der Waals surface area contributed by atoms with Crippen molar-refractivity contribution in [2.75, 3.05) is 0 Å². The summed E-state index contributed by atoms with van der Waals surface area (Å²) in [6, 6.07) is 13.1. The van der Waals surface area contributed by atoms with E-state index in [2.05, 4.69) is 15.2 Å². The maximum atomic E-state index is 10.4. The molecule has 94 valence electrons. The fourth-order valence-electron chi connectivity index (χ4n) is 1.91. The highest BCUT2D eigenvalue weighted by Gasteiger charge is 2.17. The van der Waals surface area contributed by atoms with E-state index in [4.69, 9.17) is 0 Å². The van der Waals surface area contributed by atoms with E-state index in [0.29, 0.717) is 5.82 Å². The van der Waals surface area contributed by atoms with Crippen LogP contribution in [0.25, 0.3) is 5.69 Å². The Hall–Kier alpha value is -2.53. The van der Waals surface area contributed by atoms with Gasteiger partial charge in [-0.25, -0.2) is 0 Å². The molecule has 0 saturated carbocycles. The van der Waals surface area contributed by atoms with Crippen molar-refractivity contribution in [3.63, 3.8) is 0 Å². The SMILES string of the molecule is O[C@@H](c1ccccc1)c1nncn1-c1cccnc1. The number of hydrogen-bond donors (Lipinski definition) is 1. The van der Waals surface area contributed by atoms with Gasteiger partial charge in [0.25, 0.3) is 0 Å². The molecule has 0 aliphatic rings. The first-order chi connectivity index (χ1) is 9.36. The van der Waals surface area contributed by atoms with Crippen molar-refractivity contribution < 1.29 is 5.11 Å². The zero-order valence-electron chi connectivity index (χ0n) is 10.1. The highest BCUT2D eigenvalue weighted by Crippen LogP contribution is 2.21. The molecule has 0 fully saturated rings. The molecular formula is C14H12N4O. The Balaban J connectivity index is 2.01. The maximum Gasteiger partial charge on any atom is 0.171 e. The second-order valence-electron chi connectivity index (χ2n) is 4.08. The highest BCUT2D eigenvalue weighted by molar-refractivity contribution is 5.31. The summed E-state index contributed by atoms with van der Waals surface area (Å²) in [7, 11) is 0. The van der Waals surface area contributed by atoms with E-state index in [1.165, 1.54) is 0 Å². The number of pyridine rings is 1. The molecule has 0 spiro atoms. The standard InChI is InChI=1S/C14H12N4O/c19-13(11-5-2-1-3-6-11)14-17-16-10-18(14)12-7-4-8-15-9-12/h1-10,13,19H/t13-/m0/s1. The molecule has 1 N–H and O–H groups in total. The van der Waals surface area contributed by atoms with E-state index >= 15 is 0 Å². The van der Waals surface area contributed by atoms with Gasteiger partial charge in [-0.15, -0.1) is 10.2 Å². The number of benzene rings is 1. The molecule has 5 heteroatoms. The maximum absolute atomic E-state index is 10.4. The normalized spacial score (nSPS) is 12.3. The number of aromatic nitrogens is 4. The lowest BCUT2D eigenvalue weighted by Crippen LogP contribution is -2.08. The molecule has 1 aromatic carbocycles. The Morgan fingerprint density at radius 2 is 1.89 bits per heavy atom. The number of aliphatic hydroxyl groups excluding tert-OH is 1. The van der Waals surface area contributed by atoms with Gasteiger partial charge in [-0.3, -0.25) is 9.55 Å². The topological polar surface area (TPSA) is 63.8 Å². The predicted octanol–water partition coefficient (Wildman–Crippen LogP) is 1.74.